The molecule has 3 heteroatoms. The summed E-state index contributed by atoms with van der Waals surface area (Å²) in [6, 6.07) is 2.09. The maximum atomic E-state index is 11.4. The van der Waals surface area contributed by atoms with Crippen LogP contribution >= 0.6 is 15.9 Å². The Labute approximate surface area is 111 Å². The number of carbonyl (C=O) groups is 1. The van der Waals surface area contributed by atoms with Gasteiger partial charge in [0.15, 0.2) is 0 Å². The lowest BCUT2D eigenvalue weighted by Gasteiger charge is -2.19. The highest BCUT2D eigenvalue weighted by Gasteiger charge is 2.18. The molecule has 1 aromatic carbocycles. The van der Waals surface area contributed by atoms with Crippen molar-refractivity contribution < 1.29 is 9.53 Å². The topological polar surface area (TPSA) is 26.3 Å². The first-order valence-electron chi connectivity index (χ1n) is 5.73. The first-order chi connectivity index (χ1) is 7.88. The van der Waals surface area contributed by atoms with E-state index in [0.717, 1.165) is 26.9 Å². The van der Waals surface area contributed by atoms with Crippen LogP contribution in [0.1, 0.15) is 43.4 Å². The van der Waals surface area contributed by atoms with Crippen molar-refractivity contribution in [2.75, 3.05) is 7.11 Å². The molecule has 0 spiro atoms. The zero-order valence-corrected chi connectivity index (χ0v) is 12.6. The third-order valence-electron chi connectivity index (χ3n) is 2.88. The zero-order chi connectivity index (χ0) is 13.2. The summed E-state index contributed by atoms with van der Waals surface area (Å²) in [6.45, 7) is 7.86. The third-order valence-corrected chi connectivity index (χ3v) is 3.70. The molecule has 0 amide bonds. The quantitative estimate of drug-likeness (QED) is 0.839. The van der Waals surface area contributed by atoms with Gasteiger partial charge in [0.2, 0.25) is 0 Å². The molecule has 0 aliphatic heterocycles. The van der Waals surface area contributed by atoms with Crippen molar-refractivity contribution in [3.8, 4) is 5.75 Å². The molecule has 0 bridgehead atoms. The second kappa shape index (κ2) is 5.67. The van der Waals surface area contributed by atoms with Crippen molar-refractivity contribution >= 4 is 21.7 Å². The molecule has 0 N–H and O–H groups in total. The van der Waals surface area contributed by atoms with Crippen LogP contribution in [0.15, 0.2) is 10.5 Å². The molecule has 17 heavy (non-hydrogen) atoms. The van der Waals surface area contributed by atoms with Gasteiger partial charge in [0.25, 0.3) is 0 Å². The molecule has 1 rings (SSSR count). The van der Waals surface area contributed by atoms with E-state index >= 15 is 0 Å². The van der Waals surface area contributed by atoms with E-state index < -0.39 is 0 Å². The van der Waals surface area contributed by atoms with Gasteiger partial charge in [0, 0.05) is 16.5 Å². The summed E-state index contributed by atoms with van der Waals surface area (Å²) in [6.07, 6.45) is 0.425. The summed E-state index contributed by atoms with van der Waals surface area (Å²) in [4.78, 5) is 11.4. The van der Waals surface area contributed by atoms with Crippen molar-refractivity contribution in [1.29, 1.82) is 0 Å². The fourth-order valence-electron chi connectivity index (χ4n) is 1.93. The number of rotatable bonds is 4. The first-order valence-corrected chi connectivity index (χ1v) is 6.53. The average molecular weight is 299 g/mol. The van der Waals surface area contributed by atoms with E-state index in [-0.39, 0.29) is 5.78 Å². The minimum absolute atomic E-state index is 0.152. The second-order valence-electron chi connectivity index (χ2n) is 4.62. The highest BCUT2D eigenvalue weighted by Crippen LogP contribution is 2.36. The van der Waals surface area contributed by atoms with E-state index in [1.165, 1.54) is 0 Å². The summed E-state index contributed by atoms with van der Waals surface area (Å²) in [5.74, 6) is 1.38. The number of hydrogen-bond donors (Lipinski definition) is 0. The Morgan fingerprint density at radius 2 is 2.06 bits per heavy atom. The number of ketones is 1. The van der Waals surface area contributed by atoms with Gasteiger partial charge in [-0.3, -0.25) is 4.79 Å². The van der Waals surface area contributed by atoms with Gasteiger partial charge < -0.3 is 4.74 Å². The normalized spacial score (nSPS) is 10.8. The highest BCUT2D eigenvalue weighted by atomic mass is 79.9. The number of carbonyl (C=O) groups excluding carboxylic acids is 1. The fourth-order valence-corrected chi connectivity index (χ4v) is 2.42. The smallest absolute Gasteiger partial charge is 0.134 e. The molecule has 0 atom stereocenters. The van der Waals surface area contributed by atoms with Crippen molar-refractivity contribution in [3.05, 3.63) is 27.2 Å². The van der Waals surface area contributed by atoms with Gasteiger partial charge in [-0.25, -0.2) is 0 Å². The zero-order valence-electron chi connectivity index (χ0n) is 11.1. The summed E-state index contributed by atoms with van der Waals surface area (Å²) in [7, 11) is 1.66. The number of hydrogen-bond acceptors (Lipinski definition) is 2. The molecule has 1 aromatic rings. The van der Waals surface area contributed by atoms with Crippen LogP contribution in [-0.4, -0.2) is 12.9 Å². The van der Waals surface area contributed by atoms with Gasteiger partial charge >= 0.3 is 0 Å². The minimum atomic E-state index is 0.152. The largest absolute Gasteiger partial charge is 0.496 e. The lowest BCUT2D eigenvalue weighted by atomic mass is 9.93. The molecule has 94 valence electrons. The van der Waals surface area contributed by atoms with E-state index in [4.69, 9.17) is 4.74 Å². The average Bonchev–Trinajstić information content (AvgIpc) is 2.23. The highest BCUT2D eigenvalue weighted by molar-refractivity contribution is 9.10. The van der Waals surface area contributed by atoms with Crippen LogP contribution in [0, 0.1) is 6.92 Å². The Morgan fingerprint density at radius 1 is 1.47 bits per heavy atom. The Hall–Kier alpha value is -0.830. The summed E-state index contributed by atoms with van der Waals surface area (Å²) in [5.41, 5.74) is 3.22. The number of halogens is 1. The molecule has 2 nitrogen and oxygen atoms in total. The van der Waals surface area contributed by atoms with E-state index in [0.29, 0.717) is 12.3 Å². The molecule has 0 fully saturated rings. The van der Waals surface area contributed by atoms with Crippen LogP contribution in [0.2, 0.25) is 0 Å². The van der Waals surface area contributed by atoms with E-state index in [1.54, 1.807) is 14.0 Å². The monoisotopic (exact) mass is 298 g/mol. The molecule has 0 aliphatic carbocycles. The second-order valence-corrected chi connectivity index (χ2v) is 5.47. The molecule has 0 radical (unpaired) electrons. The standard InChI is InChI=1S/C14H19BrO2/c1-8(2)11-7-13(15)10(4)12(6-9(3)16)14(11)17-5/h7-8H,6H2,1-5H3. The Bertz CT molecular complexity index is 436. The molecule has 0 saturated heterocycles. The Kier molecular flexibility index (Phi) is 4.75. The predicted molar refractivity (Wildman–Crippen MR) is 73.9 cm³/mol. The van der Waals surface area contributed by atoms with Crippen molar-refractivity contribution in [2.45, 2.75) is 40.0 Å². The molecule has 0 heterocycles. The van der Waals surface area contributed by atoms with Crippen LogP contribution in [0.5, 0.6) is 5.75 Å². The molecular formula is C14H19BrO2. The fraction of sp³-hybridized carbons (Fsp3) is 0.500. The lowest BCUT2D eigenvalue weighted by Crippen LogP contribution is -2.06. The van der Waals surface area contributed by atoms with Crippen molar-refractivity contribution in [1.82, 2.24) is 0 Å². The van der Waals surface area contributed by atoms with Gasteiger partial charge in [-0.05, 0) is 37.0 Å². The SMILES string of the molecule is COc1c(C(C)C)cc(Br)c(C)c1CC(C)=O. The Morgan fingerprint density at radius 3 is 2.47 bits per heavy atom. The number of benzene rings is 1. The lowest BCUT2D eigenvalue weighted by molar-refractivity contribution is -0.116. The summed E-state index contributed by atoms with van der Waals surface area (Å²) < 4.78 is 6.54. The molecule has 0 unspecified atom stereocenters. The minimum Gasteiger partial charge on any atom is -0.496 e. The first kappa shape index (κ1) is 14.2. The van der Waals surface area contributed by atoms with Crippen molar-refractivity contribution in [2.24, 2.45) is 0 Å². The van der Waals surface area contributed by atoms with Crippen molar-refractivity contribution in [3.63, 3.8) is 0 Å². The maximum absolute atomic E-state index is 11.4. The van der Waals surface area contributed by atoms with Gasteiger partial charge in [0.05, 0.1) is 7.11 Å². The van der Waals surface area contributed by atoms with Gasteiger partial charge in [-0.15, -0.1) is 0 Å². The van der Waals surface area contributed by atoms with Crippen LogP contribution in [-0.2, 0) is 11.2 Å². The van der Waals surface area contributed by atoms with Gasteiger partial charge in [-0.2, -0.15) is 0 Å². The number of ether oxygens (including phenoxy) is 1. The van der Waals surface area contributed by atoms with Crippen LogP contribution in [0.4, 0.5) is 0 Å². The van der Waals surface area contributed by atoms with Crippen LogP contribution in [0.25, 0.3) is 0 Å². The number of methoxy groups -OCH3 is 1. The molecule has 0 aromatic heterocycles. The van der Waals surface area contributed by atoms with Gasteiger partial charge in [0.1, 0.15) is 11.5 Å². The molecule has 0 saturated carbocycles. The van der Waals surface area contributed by atoms with E-state index in [2.05, 4.69) is 35.8 Å². The van der Waals surface area contributed by atoms with Crippen LogP contribution in [0.3, 0.4) is 0 Å². The van der Waals surface area contributed by atoms with E-state index in [1.807, 2.05) is 6.92 Å². The number of Topliss-reactive ketones (excluding diaryl/α,β-unsaturated/α-hetero) is 1. The molecule has 0 aliphatic rings. The Balaban J connectivity index is 3.47. The predicted octanol–water partition coefficient (Wildman–Crippen LogP) is 4.02. The third kappa shape index (κ3) is 3.09. The summed E-state index contributed by atoms with van der Waals surface area (Å²) >= 11 is 3.55. The molecular weight excluding hydrogens is 280 g/mol. The summed E-state index contributed by atoms with van der Waals surface area (Å²) in [5, 5.41) is 0. The van der Waals surface area contributed by atoms with Gasteiger partial charge in [-0.1, -0.05) is 29.8 Å². The van der Waals surface area contributed by atoms with Crippen LogP contribution < -0.4 is 4.74 Å². The maximum Gasteiger partial charge on any atom is 0.134 e. The van der Waals surface area contributed by atoms with E-state index in [9.17, 15) is 4.79 Å².